The Balaban J connectivity index is 1.21. The number of hydrogen-bond acceptors (Lipinski definition) is 10. The smallest absolute Gasteiger partial charge is 0.299 e. The molecule has 0 atom stereocenters. The average molecular weight is 799 g/mol. The summed E-state index contributed by atoms with van der Waals surface area (Å²) in [5.41, 5.74) is 2.23. The molecule has 0 spiro atoms. The lowest BCUT2D eigenvalue weighted by Crippen LogP contribution is -2.48. The zero-order valence-corrected chi connectivity index (χ0v) is 32.5. The number of hydrogen-bond donors (Lipinski definition) is 0. The highest BCUT2D eigenvalue weighted by Gasteiger charge is 2.58. The largest absolute Gasteiger partial charge is 0.323 e. The van der Waals surface area contributed by atoms with Gasteiger partial charge in [0.2, 0.25) is 20.5 Å². The van der Waals surface area contributed by atoms with Gasteiger partial charge in [0.05, 0.1) is 0 Å². The Bertz CT molecular complexity index is 1670. The Morgan fingerprint density at radius 1 is 0.370 bits per heavy atom. The van der Waals surface area contributed by atoms with Gasteiger partial charge in [-0.25, -0.2) is 9.59 Å². The molecule has 6 rings (SSSR count). The van der Waals surface area contributed by atoms with Gasteiger partial charge in [-0.3, -0.25) is 38.8 Å². The van der Waals surface area contributed by atoms with E-state index in [1.165, 1.54) is 0 Å². The molecule has 2 aliphatic rings. The fourth-order valence-electron chi connectivity index (χ4n) is 6.25. The van der Waals surface area contributed by atoms with Gasteiger partial charge in [-0.1, -0.05) is 168 Å². The topological polar surface area (TPSA) is 115 Å². The summed E-state index contributed by atoms with van der Waals surface area (Å²) in [7, 11) is 0. The molecule has 2 aliphatic heterocycles. The van der Waals surface area contributed by atoms with Crippen molar-refractivity contribution >= 4 is 79.6 Å². The average Bonchev–Trinajstić information content (AvgIpc) is 3.63. The summed E-state index contributed by atoms with van der Waals surface area (Å²) < 4.78 is 0. The third-order valence-corrected chi connectivity index (χ3v) is 12.4. The van der Waals surface area contributed by atoms with Crippen LogP contribution in [-0.2, 0) is 0 Å². The SMILES string of the molecule is O=C(SCCN1C(=O)N(CCSC(=O)c2ccccc2)C2C1N(CCSC(=O)c1ccccc1)C(=O)N2CCSC(=O)c1ccccc1)c1ccccc1. The summed E-state index contributed by atoms with van der Waals surface area (Å²) in [6.07, 6.45) is -1.43. The van der Waals surface area contributed by atoms with E-state index in [0.29, 0.717) is 45.3 Å². The summed E-state index contributed by atoms with van der Waals surface area (Å²) in [6, 6.07) is 35.0. The van der Waals surface area contributed by atoms with Crippen LogP contribution in [0.1, 0.15) is 41.4 Å². The van der Waals surface area contributed by atoms with E-state index >= 15 is 0 Å². The van der Waals surface area contributed by atoms with E-state index in [1.807, 2.05) is 24.3 Å². The van der Waals surface area contributed by atoms with Crippen LogP contribution < -0.4 is 0 Å². The molecule has 0 aromatic heterocycles. The van der Waals surface area contributed by atoms with Gasteiger partial charge in [-0.05, 0) is 0 Å². The quantitative estimate of drug-likeness (QED) is 0.114. The molecule has 0 N–H and O–H groups in total. The first-order chi connectivity index (χ1) is 26.3. The van der Waals surface area contributed by atoms with Crippen molar-refractivity contribution in [2.45, 2.75) is 12.3 Å². The third kappa shape index (κ3) is 9.59. The molecule has 4 amide bonds. The van der Waals surface area contributed by atoms with E-state index in [0.717, 1.165) is 47.0 Å². The van der Waals surface area contributed by atoms with E-state index < -0.39 is 12.3 Å². The second kappa shape index (κ2) is 19.2. The van der Waals surface area contributed by atoms with Gasteiger partial charge in [0.15, 0.2) is 0 Å². The van der Waals surface area contributed by atoms with Crippen LogP contribution in [0.4, 0.5) is 9.59 Å². The predicted molar refractivity (Wildman–Crippen MR) is 218 cm³/mol. The fourth-order valence-corrected chi connectivity index (χ4v) is 9.36. The second-order valence-electron chi connectivity index (χ2n) is 12.2. The fraction of sp³-hybridized carbons (Fsp3) is 0.250. The molecule has 2 fully saturated rings. The second-order valence-corrected chi connectivity index (χ2v) is 16.4. The number of amides is 4. The lowest BCUT2D eigenvalue weighted by atomic mass is 10.2. The molecular weight excluding hydrogens is 761 g/mol. The molecule has 278 valence electrons. The summed E-state index contributed by atoms with van der Waals surface area (Å²) in [5, 5.41) is -0.487. The number of fused-ring (bicyclic) bond motifs is 1. The maximum Gasteiger partial charge on any atom is 0.323 e. The number of rotatable bonds is 16. The van der Waals surface area contributed by atoms with Gasteiger partial charge in [-0.2, -0.15) is 0 Å². The first kappa shape index (κ1) is 39.2. The molecule has 0 saturated carbocycles. The normalized spacial score (nSPS) is 16.5. The standard InChI is InChI=1S/C40H38N4O6S4/c45-35(29-13-5-1-6-14-29)51-25-21-41-33-34(43(39(41)49)23-27-53-37(47)31-17-9-3-10-18-31)44(24-28-54-38(48)32-19-11-4-12-20-32)40(50)42(33)22-26-52-36(46)30-15-7-2-8-16-30/h1-20,33-34H,21-28H2. The Hall–Kier alpha value is -4.50. The Morgan fingerprint density at radius 3 is 0.778 bits per heavy atom. The monoisotopic (exact) mass is 798 g/mol. The van der Waals surface area contributed by atoms with Crippen LogP contribution in [0.15, 0.2) is 121 Å². The van der Waals surface area contributed by atoms with Crippen LogP contribution in [-0.4, -0.2) is 114 Å². The van der Waals surface area contributed by atoms with E-state index in [4.69, 9.17) is 0 Å². The zero-order valence-electron chi connectivity index (χ0n) is 29.2. The lowest BCUT2D eigenvalue weighted by Gasteiger charge is -2.30. The maximum absolute atomic E-state index is 14.3. The van der Waals surface area contributed by atoms with Crippen molar-refractivity contribution in [2.75, 3.05) is 49.2 Å². The summed E-state index contributed by atoms with van der Waals surface area (Å²) in [6.45, 7) is 0.741. The van der Waals surface area contributed by atoms with Crippen LogP contribution in [0.2, 0.25) is 0 Å². The molecule has 54 heavy (non-hydrogen) atoms. The highest BCUT2D eigenvalue weighted by atomic mass is 32.2. The van der Waals surface area contributed by atoms with Crippen molar-refractivity contribution in [2.24, 2.45) is 0 Å². The van der Waals surface area contributed by atoms with Crippen molar-refractivity contribution in [3.05, 3.63) is 144 Å². The van der Waals surface area contributed by atoms with Crippen molar-refractivity contribution < 1.29 is 28.8 Å². The van der Waals surface area contributed by atoms with Crippen molar-refractivity contribution in [1.82, 2.24) is 19.6 Å². The van der Waals surface area contributed by atoms with E-state index in [2.05, 4.69) is 0 Å². The van der Waals surface area contributed by atoms with Crippen molar-refractivity contribution in [3.63, 3.8) is 0 Å². The number of benzene rings is 4. The summed E-state index contributed by atoms with van der Waals surface area (Å²) in [4.78, 5) is 87.0. The Morgan fingerprint density at radius 2 is 0.574 bits per heavy atom. The summed E-state index contributed by atoms with van der Waals surface area (Å²) >= 11 is 4.41. The number of urea groups is 2. The van der Waals surface area contributed by atoms with Gasteiger partial charge in [0.1, 0.15) is 12.3 Å². The summed E-state index contributed by atoms with van der Waals surface area (Å²) in [5.74, 6) is 1.18. The first-order valence-electron chi connectivity index (χ1n) is 17.4. The molecule has 2 saturated heterocycles. The van der Waals surface area contributed by atoms with Crippen LogP contribution in [0.3, 0.4) is 0 Å². The zero-order chi connectivity index (χ0) is 37.9. The predicted octanol–water partition coefficient (Wildman–Crippen LogP) is 7.41. The molecule has 0 aliphatic carbocycles. The molecule has 0 bridgehead atoms. The minimum absolute atomic E-state index is 0.122. The van der Waals surface area contributed by atoms with Gasteiger partial charge < -0.3 is 0 Å². The molecule has 4 aromatic carbocycles. The minimum Gasteiger partial charge on any atom is -0.299 e. The Labute approximate surface area is 331 Å². The van der Waals surface area contributed by atoms with E-state index in [1.54, 1.807) is 117 Å². The van der Waals surface area contributed by atoms with Crippen LogP contribution in [0, 0.1) is 0 Å². The lowest BCUT2D eigenvalue weighted by molar-refractivity contribution is 0.107. The van der Waals surface area contributed by atoms with E-state index in [9.17, 15) is 28.8 Å². The van der Waals surface area contributed by atoms with Gasteiger partial charge in [-0.15, -0.1) is 0 Å². The van der Waals surface area contributed by atoms with E-state index in [-0.39, 0.29) is 58.7 Å². The highest BCUT2D eigenvalue weighted by Crippen LogP contribution is 2.36. The first-order valence-corrected chi connectivity index (χ1v) is 21.3. The number of carbonyl (C=O) groups excluding carboxylic acids is 6. The van der Waals surface area contributed by atoms with Crippen LogP contribution in [0.5, 0.6) is 0 Å². The molecule has 4 aromatic rings. The Kier molecular flexibility index (Phi) is 13.9. The molecule has 14 heteroatoms. The number of nitrogens with zero attached hydrogens (tertiary/aromatic N) is 4. The molecule has 2 heterocycles. The molecule has 10 nitrogen and oxygen atoms in total. The minimum atomic E-state index is -0.713. The van der Waals surface area contributed by atoms with Crippen LogP contribution in [0.25, 0.3) is 0 Å². The van der Waals surface area contributed by atoms with Gasteiger partial charge in [0.25, 0.3) is 0 Å². The maximum atomic E-state index is 14.3. The van der Waals surface area contributed by atoms with Gasteiger partial charge >= 0.3 is 12.1 Å². The van der Waals surface area contributed by atoms with Crippen LogP contribution >= 0.6 is 47.0 Å². The molecular formula is C40H38N4O6S4. The molecule has 0 unspecified atom stereocenters. The van der Waals surface area contributed by atoms with Crippen molar-refractivity contribution in [1.29, 1.82) is 0 Å². The van der Waals surface area contributed by atoms with Gasteiger partial charge in [0, 0.05) is 71.4 Å². The number of thioether (sulfide) groups is 4. The highest BCUT2D eigenvalue weighted by molar-refractivity contribution is 8.14. The third-order valence-electron chi connectivity index (χ3n) is 8.83. The molecule has 0 radical (unpaired) electrons. The van der Waals surface area contributed by atoms with Crippen molar-refractivity contribution in [3.8, 4) is 0 Å². The number of carbonyl (C=O) groups is 6.